The molecule has 9 aromatic rings. The van der Waals surface area contributed by atoms with Gasteiger partial charge in [-0.15, -0.1) is 11.3 Å². The van der Waals surface area contributed by atoms with E-state index < -0.39 is 0 Å². The molecule has 2 aliphatic carbocycles. The van der Waals surface area contributed by atoms with Crippen molar-refractivity contribution in [3.63, 3.8) is 0 Å². The van der Waals surface area contributed by atoms with Crippen LogP contribution in [0.1, 0.15) is 35.7 Å². The highest BCUT2D eigenvalue weighted by atomic mass is 35.5. The predicted molar refractivity (Wildman–Crippen MR) is 256 cm³/mol. The summed E-state index contributed by atoms with van der Waals surface area (Å²) in [5, 5.41) is 27.6. The van der Waals surface area contributed by atoms with Crippen molar-refractivity contribution in [1.29, 1.82) is 0 Å². The quantitative estimate of drug-likeness (QED) is 0.0972. The number of anilines is 3. The summed E-state index contributed by atoms with van der Waals surface area (Å²) in [6.45, 7) is 8.55. The lowest BCUT2D eigenvalue weighted by Gasteiger charge is -2.26. The maximum Gasteiger partial charge on any atom is 0.177 e. The van der Waals surface area contributed by atoms with Gasteiger partial charge < -0.3 is 36.0 Å². The smallest absolute Gasteiger partial charge is 0.177 e. The summed E-state index contributed by atoms with van der Waals surface area (Å²) >= 11 is 10.9. The van der Waals surface area contributed by atoms with Crippen molar-refractivity contribution in [2.75, 3.05) is 54.8 Å². The van der Waals surface area contributed by atoms with Crippen molar-refractivity contribution < 1.29 is 9.05 Å². The van der Waals surface area contributed by atoms with E-state index in [1.54, 1.807) is 41.6 Å². The van der Waals surface area contributed by atoms with Crippen LogP contribution in [0.25, 0.3) is 32.5 Å². The number of thiophene rings is 1. The largest absolute Gasteiger partial charge is 0.382 e. The first-order valence-corrected chi connectivity index (χ1v) is 24.8. The van der Waals surface area contributed by atoms with E-state index in [9.17, 15) is 0 Å². The Morgan fingerprint density at radius 3 is 1.82 bits per heavy atom. The molecule has 11 heterocycles. The van der Waals surface area contributed by atoms with E-state index in [4.69, 9.17) is 52.8 Å². The Morgan fingerprint density at radius 1 is 0.746 bits per heavy atom. The van der Waals surface area contributed by atoms with E-state index in [1.807, 2.05) is 50.5 Å². The molecule has 13 rings (SSSR count). The first-order valence-electron chi connectivity index (χ1n) is 22.0. The van der Waals surface area contributed by atoms with Crippen LogP contribution in [0, 0.1) is 37.5 Å². The Morgan fingerprint density at radius 2 is 1.28 bits per heavy atom. The summed E-state index contributed by atoms with van der Waals surface area (Å²) in [6, 6.07) is 9.91. The molecule has 8 N–H and O–H groups in total. The first-order chi connectivity index (χ1) is 32.7. The third-order valence-corrected chi connectivity index (χ3v) is 17.9. The summed E-state index contributed by atoms with van der Waals surface area (Å²) in [5.41, 5.74) is 23.9. The van der Waals surface area contributed by atoms with E-state index in [2.05, 4.69) is 60.8 Å². The van der Waals surface area contributed by atoms with Crippen molar-refractivity contribution in [3.8, 4) is 0 Å². The van der Waals surface area contributed by atoms with Crippen LogP contribution in [0.15, 0.2) is 89.4 Å². The fourth-order valence-corrected chi connectivity index (χ4v) is 13.8. The van der Waals surface area contributed by atoms with Crippen LogP contribution < -0.4 is 27.0 Å². The topological polar surface area (TPSA) is 271 Å². The summed E-state index contributed by atoms with van der Waals surface area (Å²) in [6.07, 6.45) is 9.19. The van der Waals surface area contributed by atoms with Crippen LogP contribution in [0.4, 0.5) is 17.5 Å². The van der Waals surface area contributed by atoms with E-state index >= 15 is 0 Å². The molecule has 2 saturated carbocycles. The Labute approximate surface area is 399 Å². The van der Waals surface area contributed by atoms with Crippen LogP contribution in [-0.2, 0) is 10.8 Å². The molecule has 0 radical (unpaired) electrons. The Bertz CT molecular complexity index is 3320. The molecule has 67 heavy (non-hydrogen) atoms. The Balaban J connectivity index is 0.000000140. The number of hydrogen-bond acceptors (Lipinski definition) is 20. The number of aromatic amines is 2. The molecule has 4 fully saturated rings. The van der Waals surface area contributed by atoms with Crippen LogP contribution >= 0.6 is 46.5 Å². The summed E-state index contributed by atoms with van der Waals surface area (Å²) in [7, 11) is 0. The maximum atomic E-state index is 6.28. The first kappa shape index (κ1) is 42.4. The minimum absolute atomic E-state index is 0.0838. The fourth-order valence-electron chi connectivity index (χ4n) is 10.8. The van der Waals surface area contributed by atoms with E-state index in [0.717, 1.165) is 104 Å². The highest BCUT2D eigenvalue weighted by molar-refractivity contribution is 8.00. The number of piperidine rings is 2. The van der Waals surface area contributed by atoms with Crippen LogP contribution in [0.5, 0.6) is 0 Å². The third-order valence-electron chi connectivity index (χ3n) is 14.2. The van der Waals surface area contributed by atoms with Gasteiger partial charge in [0.1, 0.15) is 40.0 Å². The SMILES string of the molecule is Cc1cc(C2(CN)C3CCN(c4cnc5c(Sc6ccnc(N)c6Cl)n[nH]c5n4)CC32)no1.Cc1cc(C2(CN)C3CCN(c4cnc5c(Sc6ccnc7ccsc67)n[nH]c5n4)CC32)no1. The number of hydrogen-bond donors (Lipinski definition) is 5. The zero-order chi connectivity index (χ0) is 45.6. The molecule has 342 valence electrons. The molecule has 6 unspecified atom stereocenters. The van der Waals surface area contributed by atoms with Crippen molar-refractivity contribution in [2.24, 2.45) is 35.1 Å². The average Bonchev–Trinajstić information content (AvgIpc) is 3.79. The second-order valence-corrected chi connectivity index (χ2v) is 21.0. The molecule has 19 nitrogen and oxygen atoms in total. The molecule has 0 spiro atoms. The van der Waals surface area contributed by atoms with Gasteiger partial charge in [-0.25, -0.2) is 24.9 Å². The summed E-state index contributed by atoms with van der Waals surface area (Å²) < 4.78 is 11.9. The number of nitrogen functional groups attached to an aromatic ring is 1. The Hall–Kier alpha value is -5.91. The lowest BCUT2D eigenvalue weighted by Crippen LogP contribution is -2.32. The fraction of sp³-hybridized carbons (Fsp3) is 0.364. The molecule has 0 aromatic carbocycles. The minimum Gasteiger partial charge on any atom is -0.382 e. The lowest BCUT2D eigenvalue weighted by molar-refractivity contribution is 0.379. The molecular weight excluding hydrogens is 930 g/mol. The van der Waals surface area contributed by atoms with Gasteiger partial charge in [0.25, 0.3) is 0 Å². The van der Waals surface area contributed by atoms with E-state index in [0.29, 0.717) is 63.6 Å². The lowest BCUT2D eigenvalue weighted by atomic mass is 9.97. The van der Waals surface area contributed by atoms with Gasteiger partial charge in [0.05, 0.1) is 39.0 Å². The van der Waals surface area contributed by atoms with Gasteiger partial charge in [-0.05, 0) is 73.9 Å². The van der Waals surface area contributed by atoms with Gasteiger partial charge in [-0.2, -0.15) is 10.2 Å². The molecule has 2 saturated heterocycles. The number of nitrogens with one attached hydrogen (secondary N) is 2. The number of halogens is 1. The number of aromatic nitrogens is 12. The molecule has 6 atom stereocenters. The maximum absolute atomic E-state index is 6.28. The van der Waals surface area contributed by atoms with Gasteiger partial charge in [0.15, 0.2) is 21.3 Å². The monoisotopic (exact) mass is 973 g/mol. The van der Waals surface area contributed by atoms with Crippen LogP contribution in [0.3, 0.4) is 0 Å². The number of nitrogens with two attached hydrogens (primary N) is 3. The average molecular weight is 975 g/mol. The van der Waals surface area contributed by atoms with Crippen molar-refractivity contribution in [1.82, 2.24) is 60.6 Å². The molecule has 23 heteroatoms. The van der Waals surface area contributed by atoms with Gasteiger partial charge in [0.2, 0.25) is 0 Å². The number of rotatable bonds is 10. The minimum atomic E-state index is -0.104. The van der Waals surface area contributed by atoms with Gasteiger partial charge in [-0.1, -0.05) is 45.4 Å². The second kappa shape index (κ2) is 16.4. The standard InChI is InChI=1S/C23H22N8OS2.C21H22ClN9OS/c1-12-8-17(30-32-12)23(11-24)13-3-6-31(10-14(13)23)18-9-26-19-21(27-18)28-29-22(19)34-16-2-5-25-15-4-7-33-20(15)16;1-10-6-14(30-32-10)21(9-23)11-3-5-31(8-12(11)21)15-7-26-17-19(27-15)28-29-20(17)33-13-2-4-25-18(24)16(13)22/h2,4-5,7-9,13-14H,3,6,10-11,24H2,1H3,(H,27,28,29);2,4,6-7,11-12H,3,5,8-9,23H2,1H3,(H2,24,25)(H,27,28,29). The summed E-state index contributed by atoms with van der Waals surface area (Å²) in [4.78, 5) is 34.0. The normalized spacial score (nSPS) is 24.2. The van der Waals surface area contributed by atoms with E-state index in [-0.39, 0.29) is 16.6 Å². The number of H-pyrrole nitrogens is 2. The third kappa shape index (κ3) is 7.01. The second-order valence-electron chi connectivity index (χ2n) is 17.6. The molecule has 4 aliphatic rings. The number of aryl methyl sites for hydroxylation is 2. The zero-order valence-electron chi connectivity index (χ0n) is 36.3. The predicted octanol–water partition coefficient (Wildman–Crippen LogP) is 6.55. The van der Waals surface area contributed by atoms with Gasteiger partial charge in [-0.3, -0.25) is 15.2 Å². The highest BCUT2D eigenvalue weighted by Gasteiger charge is 2.68. The molecule has 0 bridgehead atoms. The number of nitrogens with zero attached hydrogens (tertiary/aromatic N) is 12. The number of pyridine rings is 2. The van der Waals surface area contributed by atoms with Gasteiger partial charge >= 0.3 is 0 Å². The van der Waals surface area contributed by atoms with Crippen molar-refractivity contribution in [2.45, 2.75) is 57.4 Å². The van der Waals surface area contributed by atoms with Gasteiger partial charge in [0, 0.05) is 84.4 Å². The molecule has 9 aromatic heterocycles. The van der Waals surface area contributed by atoms with Crippen LogP contribution in [-0.4, -0.2) is 99.9 Å². The molecular formula is C44H44ClN17O2S3. The Kier molecular flexibility index (Phi) is 10.4. The van der Waals surface area contributed by atoms with Crippen molar-refractivity contribution >= 4 is 96.5 Å². The highest BCUT2D eigenvalue weighted by Crippen LogP contribution is 2.64. The summed E-state index contributed by atoms with van der Waals surface area (Å²) in [5.74, 6) is 5.55. The van der Waals surface area contributed by atoms with E-state index in [1.165, 1.54) is 11.8 Å². The molecule has 2 aliphatic heterocycles. The molecule has 0 amide bonds. The van der Waals surface area contributed by atoms with Crippen LogP contribution in [0.2, 0.25) is 5.02 Å². The zero-order valence-corrected chi connectivity index (χ0v) is 39.5. The van der Waals surface area contributed by atoms with Crippen molar-refractivity contribution in [3.05, 3.63) is 88.4 Å². The number of fused-ring (bicyclic) bond motifs is 5.